The van der Waals surface area contributed by atoms with Crippen LogP contribution in [0.5, 0.6) is 0 Å². The van der Waals surface area contributed by atoms with Crippen molar-refractivity contribution in [1.29, 1.82) is 0 Å². The third-order valence-electron chi connectivity index (χ3n) is 4.12. The minimum atomic E-state index is -1.03. The number of aliphatic carboxylic acids is 1. The van der Waals surface area contributed by atoms with E-state index in [1.165, 1.54) is 0 Å². The normalized spacial score (nSPS) is 16.7. The van der Waals surface area contributed by atoms with Gasteiger partial charge in [0, 0.05) is 12.8 Å². The zero-order valence-electron chi connectivity index (χ0n) is 14.2. The Balaban J connectivity index is 3.72. The number of rotatable bonds is 15. The van der Waals surface area contributed by atoms with Crippen LogP contribution in [-0.2, 0) is 4.79 Å². The second kappa shape index (κ2) is 13.7. The lowest BCUT2D eigenvalue weighted by Gasteiger charge is -2.23. The van der Waals surface area contributed by atoms with Gasteiger partial charge in [-0.3, -0.25) is 4.79 Å². The highest BCUT2D eigenvalue weighted by atomic mass is 16.4. The van der Waals surface area contributed by atoms with Crippen LogP contribution in [-0.4, -0.2) is 55.9 Å². The summed E-state index contributed by atoms with van der Waals surface area (Å²) in [7, 11) is 0. The maximum Gasteiger partial charge on any atom is 0.303 e. The summed E-state index contributed by atoms with van der Waals surface area (Å²) in [5.74, 6) is -0.775. The average molecular weight is 334 g/mol. The summed E-state index contributed by atoms with van der Waals surface area (Å²) >= 11 is 0. The van der Waals surface area contributed by atoms with Gasteiger partial charge in [0.2, 0.25) is 0 Å². The van der Waals surface area contributed by atoms with Gasteiger partial charge in [0.1, 0.15) is 0 Å². The van der Waals surface area contributed by atoms with E-state index >= 15 is 0 Å². The van der Waals surface area contributed by atoms with E-state index < -0.39 is 30.4 Å². The van der Waals surface area contributed by atoms with Gasteiger partial charge in [-0.25, -0.2) is 0 Å². The van der Waals surface area contributed by atoms with Crippen molar-refractivity contribution in [3.63, 3.8) is 0 Å². The van der Waals surface area contributed by atoms with E-state index in [0.29, 0.717) is 19.3 Å². The number of carbonyl (C=O) groups is 1. The number of hydrogen-bond acceptors (Lipinski definition) is 5. The van der Waals surface area contributed by atoms with Crippen molar-refractivity contribution >= 4 is 5.97 Å². The van der Waals surface area contributed by atoms with Gasteiger partial charge in [0.15, 0.2) is 0 Å². The van der Waals surface area contributed by atoms with Gasteiger partial charge < -0.3 is 25.5 Å². The molecule has 6 nitrogen and oxygen atoms in total. The Bertz CT molecular complexity index is 297. The molecule has 6 heteroatoms. The van der Waals surface area contributed by atoms with Gasteiger partial charge in [-0.05, 0) is 19.3 Å². The zero-order valence-corrected chi connectivity index (χ0v) is 14.2. The molecular formula is C17H34O6. The molecule has 0 saturated carbocycles. The van der Waals surface area contributed by atoms with Crippen LogP contribution in [0, 0.1) is 0 Å². The highest BCUT2D eigenvalue weighted by Crippen LogP contribution is 2.15. The van der Waals surface area contributed by atoms with Crippen LogP contribution in [0.1, 0.15) is 77.6 Å². The van der Waals surface area contributed by atoms with Crippen molar-refractivity contribution in [2.24, 2.45) is 0 Å². The van der Waals surface area contributed by atoms with E-state index in [4.69, 9.17) is 5.11 Å². The molecule has 0 fully saturated rings. The van der Waals surface area contributed by atoms with Crippen molar-refractivity contribution in [3.8, 4) is 0 Å². The van der Waals surface area contributed by atoms with Crippen LogP contribution < -0.4 is 0 Å². The maximum atomic E-state index is 10.3. The summed E-state index contributed by atoms with van der Waals surface area (Å²) < 4.78 is 0. The lowest BCUT2D eigenvalue weighted by atomic mass is 9.97. The second-order valence-corrected chi connectivity index (χ2v) is 6.35. The number of aliphatic hydroxyl groups excluding tert-OH is 4. The van der Waals surface area contributed by atoms with E-state index in [-0.39, 0.29) is 12.8 Å². The molecule has 0 bridgehead atoms. The Morgan fingerprint density at radius 2 is 1.22 bits per heavy atom. The molecule has 0 aliphatic carbocycles. The molecule has 23 heavy (non-hydrogen) atoms. The van der Waals surface area contributed by atoms with Crippen molar-refractivity contribution < 1.29 is 30.3 Å². The Morgan fingerprint density at radius 3 is 1.74 bits per heavy atom. The Morgan fingerprint density at radius 1 is 0.739 bits per heavy atom. The fourth-order valence-electron chi connectivity index (χ4n) is 2.52. The predicted molar refractivity (Wildman–Crippen MR) is 88.1 cm³/mol. The quantitative estimate of drug-likeness (QED) is 0.292. The number of hydrogen-bond donors (Lipinski definition) is 5. The van der Waals surface area contributed by atoms with Crippen molar-refractivity contribution in [2.45, 2.75) is 102 Å². The lowest BCUT2D eigenvalue weighted by molar-refractivity contribution is -0.137. The Kier molecular flexibility index (Phi) is 13.3. The summed E-state index contributed by atoms with van der Waals surface area (Å²) in [4.78, 5) is 10.3. The van der Waals surface area contributed by atoms with Gasteiger partial charge in [0.05, 0.1) is 24.4 Å². The summed E-state index contributed by atoms with van der Waals surface area (Å²) in [5.41, 5.74) is 0. The molecule has 0 saturated heterocycles. The van der Waals surface area contributed by atoms with Gasteiger partial charge in [-0.15, -0.1) is 0 Å². The number of carboxylic acid groups (broad SMARTS) is 1. The van der Waals surface area contributed by atoms with Crippen LogP contribution in [0.2, 0.25) is 0 Å². The molecule has 0 radical (unpaired) electrons. The third kappa shape index (κ3) is 12.4. The van der Waals surface area contributed by atoms with Crippen LogP contribution >= 0.6 is 0 Å². The van der Waals surface area contributed by atoms with Gasteiger partial charge in [-0.1, -0.05) is 45.4 Å². The molecule has 0 aromatic rings. The lowest BCUT2D eigenvalue weighted by Crippen LogP contribution is -2.35. The minimum absolute atomic E-state index is 0.0232. The molecule has 138 valence electrons. The first kappa shape index (κ1) is 22.3. The molecule has 4 atom stereocenters. The van der Waals surface area contributed by atoms with Crippen LogP contribution in [0.15, 0.2) is 0 Å². The molecule has 0 aromatic carbocycles. The second-order valence-electron chi connectivity index (χ2n) is 6.35. The van der Waals surface area contributed by atoms with E-state index in [1.807, 2.05) is 6.92 Å². The molecule has 0 heterocycles. The van der Waals surface area contributed by atoms with Crippen LogP contribution in [0.3, 0.4) is 0 Å². The van der Waals surface area contributed by atoms with E-state index in [0.717, 1.165) is 38.5 Å². The minimum Gasteiger partial charge on any atom is -0.481 e. The maximum absolute atomic E-state index is 10.3. The standard InChI is InChI=1S/C17H34O6/c1-2-3-9-13(18)15(20)12-16(21)14(19)10-7-5-4-6-8-11-17(22)23/h13-16,18-21H,2-12H2,1H3,(H,22,23). The van der Waals surface area contributed by atoms with Crippen molar-refractivity contribution in [3.05, 3.63) is 0 Å². The summed E-state index contributed by atoms with van der Waals surface area (Å²) in [6, 6.07) is 0. The summed E-state index contributed by atoms with van der Waals surface area (Å²) in [6.45, 7) is 2.00. The number of aliphatic hydroxyl groups is 4. The fraction of sp³-hybridized carbons (Fsp3) is 0.941. The molecule has 0 rings (SSSR count). The van der Waals surface area contributed by atoms with Crippen molar-refractivity contribution in [2.75, 3.05) is 0 Å². The first-order valence-electron chi connectivity index (χ1n) is 8.82. The molecule has 5 N–H and O–H groups in total. The smallest absolute Gasteiger partial charge is 0.303 e. The topological polar surface area (TPSA) is 118 Å². The van der Waals surface area contributed by atoms with E-state index in [2.05, 4.69) is 0 Å². The van der Waals surface area contributed by atoms with E-state index in [9.17, 15) is 25.2 Å². The Hall–Kier alpha value is -0.690. The van der Waals surface area contributed by atoms with Gasteiger partial charge in [0.25, 0.3) is 0 Å². The highest BCUT2D eigenvalue weighted by molar-refractivity contribution is 5.66. The zero-order chi connectivity index (χ0) is 17.7. The third-order valence-corrected chi connectivity index (χ3v) is 4.12. The predicted octanol–water partition coefficient (Wildman–Crippen LogP) is 1.83. The molecule has 0 aliphatic rings. The summed E-state index contributed by atoms with van der Waals surface area (Å²) in [5, 5.41) is 47.8. The Labute approximate surface area is 139 Å². The SMILES string of the molecule is CCCCC(O)C(O)CC(O)C(O)CCCCCCCC(=O)O. The molecule has 4 unspecified atom stereocenters. The largest absolute Gasteiger partial charge is 0.481 e. The first-order chi connectivity index (χ1) is 10.9. The number of unbranched alkanes of at least 4 members (excludes halogenated alkanes) is 5. The van der Waals surface area contributed by atoms with Crippen molar-refractivity contribution in [1.82, 2.24) is 0 Å². The molecular weight excluding hydrogens is 300 g/mol. The van der Waals surface area contributed by atoms with E-state index in [1.54, 1.807) is 0 Å². The fourth-order valence-corrected chi connectivity index (χ4v) is 2.52. The molecule has 0 spiro atoms. The van der Waals surface area contributed by atoms with Gasteiger partial charge in [-0.2, -0.15) is 0 Å². The molecule has 0 aliphatic heterocycles. The monoisotopic (exact) mass is 334 g/mol. The molecule has 0 aromatic heterocycles. The molecule has 0 amide bonds. The van der Waals surface area contributed by atoms with Gasteiger partial charge >= 0.3 is 5.97 Å². The van der Waals surface area contributed by atoms with Crippen LogP contribution in [0.4, 0.5) is 0 Å². The van der Waals surface area contributed by atoms with Crippen LogP contribution in [0.25, 0.3) is 0 Å². The highest BCUT2D eigenvalue weighted by Gasteiger charge is 2.24. The number of carboxylic acids is 1. The first-order valence-corrected chi connectivity index (χ1v) is 8.82. The average Bonchev–Trinajstić information content (AvgIpc) is 2.50. The summed E-state index contributed by atoms with van der Waals surface area (Å²) in [6.07, 6.45) is 3.12.